The van der Waals surface area contributed by atoms with Crippen LogP contribution in [0.15, 0.2) is 77.9 Å². The third-order valence-corrected chi connectivity index (χ3v) is 3.94. The van der Waals surface area contributed by atoms with Crippen molar-refractivity contribution in [2.45, 2.75) is 6.61 Å². The Labute approximate surface area is 161 Å². The third-order valence-electron chi connectivity index (χ3n) is 3.69. The van der Waals surface area contributed by atoms with Crippen LogP contribution in [0.1, 0.15) is 21.5 Å². The molecule has 0 aromatic heterocycles. The molecule has 1 amide bonds. The largest absolute Gasteiger partial charge is 0.488 e. The highest BCUT2D eigenvalue weighted by atomic mass is 35.5. The first kappa shape index (κ1) is 18.6. The number of carbonyl (C=O) groups excluding carboxylic acids is 1. The highest BCUT2D eigenvalue weighted by Gasteiger charge is 2.11. The number of rotatable bonds is 6. The van der Waals surface area contributed by atoms with Crippen LogP contribution in [0.5, 0.6) is 5.75 Å². The normalized spacial score (nSPS) is 10.7. The second-order valence-corrected chi connectivity index (χ2v) is 6.10. The number of benzene rings is 3. The van der Waals surface area contributed by atoms with Crippen molar-refractivity contribution in [3.63, 3.8) is 0 Å². The van der Waals surface area contributed by atoms with Crippen LogP contribution in [0, 0.1) is 5.82 Å². The smallest absolute Gasteiger partial charge is 0.275 e. The highest BCUT2D eigenvalue weighted by molar-refractivity contribution is 6.30. The van der Waals surface area contributed by atoms with Crippen LogP contribution < -0.4 is 10.2 Å². The molecule has 0 saturated heterocycles. The average Bonchev–Trinajstić information content (AvgIpc) is 2.69. The van der Waals surface area contributed by atoms with Gasteiger partial charge < -0.3 is 4.74 Å². The van der Waals surface area contributed by atoms with Crippen LogP contribution in [-0.4, -0.2) is 12.1 Å². The van der Waals surface area contributed by atoms with Gasteiger partial charge in [0.1, 0.15) is 18.2 Å². The van der Waals surface area contributed by atoms with E-state index in [4.69, 9.17) is 16.3 Å². The van der Waals surface area contributed by atoms with Crippen LogP contribution in [0.2, 0.25) is 5.02 Å². The summed E-state index contributed by atoms with van der Waals surface area (Å²) >= 11 is 5.87. The Kier molecular flexibility index (Phi) is 6.18. The van der Waals surface area contributed by atoms with E-state index in [1.807, 2.05) is 12.1 Å². The van der Waals surface area contributed by atoms with Gasteiger partial charge in [-0.05, 0) is 47.5 Å². The van der Waals surface area contributed by atoms with Crippen molar-refractivity contribution in [1.82, 2.24) is 5.43 Å². The maximum atomic E-state index is 12.9. The summed E-state index contributed by atoms with van der Waals surface area (Å²) in [5.41, 5.74) is 4.42. The summed E-state index contributed by atoms with van der Waals surface area (Å²) in [4.78, 5) is 12.4. The number of hydrogen-bond donors (Lipinski definition) is 1. The predicted molar refractivity (Wildman–Crippen MR) is 104 cm³/mol. The molecule has 0 aliphatic rings. The zero-order valence-electron chi connectivity index (χ0n) is 14.2. The SMILES string of the molecule is O=C(NN=Cc1ccc(F)cc1)c1ccccc1OCc1ccc(Cl)cc1. The molecule has 0 aliphatic heterocycles. The predicted octanol–water partition coefficient (Wildman–Crippen LogP) is 4.82. The molecular weight excluding hydrogens is 367 g/mol. The van der Waals surface area contributed by atoms with E-state index < -0.39 is 5.91 Å². The molecule has 136 valence electrons. The van der Waals surface area contributed by atoms with E-state index in [9.17, 15) is 9.18 Å². The monoisotopic (exact) mass is 382 g/mol. The van der Waals surface area contributed by atoms with Crippen LogP contribution in [0.3, 0.4) is 0 Å². The Bertz CT molecular complexity index is 941. The fraction of sp³-hybridized carbons (Fsp3) is 0.0476. The van der Waals surface area contributed by atoms with Crippen molar-refractivity contribution in [3.05, 3.63) is 100 Å². The minimum absolute atomic E-state index is 0.306. The molecule has 27 heavy (non-hydrogen) atoms. The molecular formula is C21H16ClFN2O2. The maximum Gasteiger partial charge on any atom is 0.275 e. The van der Waals surface area contributed by atoms with E-state index in [1.165, 1.54) is 18.3 Å². The lowest BCUT2D eigenvalue weighted by Crippen LogP contribution is -2.18. The Morgan fingerprint density at radius 2 is 1.74 bits per heavy atom. The topological polar surface area (TPSA) is 50.7 Å². The summed E-state index contributed by atoms with van der Waals surface area (Å²) < 4.78 is 18.6. The number of amides is 1. The quantitative estimate of drug-likeness (QED) is 0.490. The van der Waals surface area contributed by atoms with Crippen molar-refractivity contribution in [1.29, 1.82) is 0 Å². The molecule has 0 spiro atoms. The molecule has 0 aliphatic carbocycles. The lowest BCUT2D eigenvalue weighted by molar-refractivity contribution is 0.0950. The molecule has 3 rings (SSSR count). The van der Waals surface area contributed by atoms with Gasteiger partial charge in [0.05, 0.1) is 11.8 Å². The number of hydrazone groups is 1. The Morgan fingerprint density at radius 1 is 1.04 bits per heavy atom. The van der Waals surface area contributed by atoms with Gasteiger partial charge in [0.15, 0.2) is 0 Å². The Balaban J connectivity index is 1.64. The number of nitrogens with zero attached hydrogens (tertiary/aromatic N) is 1. The van der Waals surface area contributed by atoms with E-state index in [0.29, 0.717) is 28.5 Å². The van der Waals surface area contributed by atoms with Crippen molar-refractivity contribution in [2.75, 3.05) is 0 Å². The molecule has 0 bridgehead atoms. The van der Waals surface area contributed by atoms with Gasteiger partial charge in [-0.3, -0.25) is 4.79 Å². The molecule has 0 fully saturated rings. The second kappa shape index (κ2) is 8.96. The average molecular weight is 383 g/mol. The molecule has 6 heteroatoms. The lowest BCUT2D eigenvalue weighted by Gasteiger charge is -2.10. The van der Waals surface area contributed by atoms with E-state index in [0.717, 1.165) is 5.56 Å². The van der Waals surface area contributed by atoms with Crippen molar-refractivity contribution in [3.8, 4) is 5.75 Å². The van der Waals surface area contributed by atoms with Crippen LogP contribution in [0.4, 0.5) is 4.39 Å². The first-order chi connectivity index (χ1) is 13.1. The summed E-state index contributed by atoms with van der Waals surface area (Å²) in [5.74, 6) is -0.287. The molecule has 0 saturated carbocycles. The van der Waals surface area contributed by atoms with Crippen LogP contribution >= 0.6 is 11.6 Å². The first-order valence-electron chi connectivity index (χ1n) is 8.17. The molecule has 3 aromatic rings. The van der Waals surface area contributed by atoms with Gasteiger partial charge in [-0.25, -0.2) is 9.82 Å². The zero-order chi connectivity index (χ0) is 19.1. The molecule has 0 atom stereocenters. The van der Waals surface area contributed by atoms with Gasteiger partial charge in [0.2, 0.25) is 0 Å². The van der Waals surface area contributed by atoms with Gasteiger partial charge >= 0.3 is 0 Å². The molecule has 0 heterocycles. The van der Waals surface area contributed by atoms with E-state index in [2.05, 4.69) is 10.5 Å². The van der Waals surface area contributed by atoms with E-state index in [1.54, 1.807) is 48.5 Å². The second-order valence-electron chi connectivity index (χ2n) is 5.66. The Hall–Kier alpha value is -3.18. The molecule has 1 N–H and O–H groups in total. The van der Waals surface area contributed by atoms with E-state index in [-0.39, 0.29) is 5.82 Å². The highest BCUT2D eigenvalue weighted by Crippen LogP contribution is 2.20. The van der Waals surface area contributed by atoms with Gasteiger partial charge in [0.25, 0.3) is 5.91 Å². The maximum absolute atomic E-state index is 12.9. The number of ether oxygens (including phenoxy) is 1. The van der Waals surface area contributed by atoms with Gasteiger partial charge in [-0.1, -0.05) is 48.0 Å². The standard InChI is InChI=1S/C21H16ClFN2O2/c22-17-9-5-16(6-10-17)14-27-20-4-2-1-3-19(20)21(26)25-24-13-15-7-11-18(23)12-8-15/h1-13H,14H2,(H,25,26). The third kappa shape index (κ3) is 5.39. The fourth-order valence-corrected chi connectivity index (χ4v) is 2.42. The zero-order valence-corrected chi connectivity index (χ0v) is 15.0. The van der Waals surface area contributed by atoms with Gasteiger partial charge in [0, 0.05) is 5.02 Å². The Morgan fingerprint density at radius 3 is 2.48 bits per heavy atom. The lowest BCUT2D eigenvalue weighted by atomic mass is 10.2. The molecule has 0 unspecified atom stereocenters. The van der Waals surface area contributed by atoms with E-state index >= 15 is 0 Å². The minimum Gasteiger partial charge on any atom is -0.488 e. The summed E-state index contributed by atoms with van der Waals surface area (Å²) in [6.45, 7) is 0.306. The molecule has 0 radical (unpaired) electrons. The summed E-state index contributed by atoms with van der Waals surface area (Å²) in [5, 5.41) is 4.55. The van der Waals surface area contributed by atoms with Crippen molar-refractivity contribution < 1.29 is 13.9 Å². The number of para-hydroxylation sites is 1. The van der Waals surface area contributed by atoms with Crippen LogP contribution in [0.25, 0.3) is 0 Å². The van der Waals surface area contributed by atoms with Crippen molar-refractivity contribution >= 4 is 23.7 Å². The summed E-state index contributed by atoms with van der Waals surface area (Å²) in [6.07, 6.45) is 1.44. The van der Waals surface area contributed by atoms with Crippen molar-refractivity contribution in [2.24, 2.45) is 5.10 Å². The number of nitrogens with one attached hydrogen (secondary N) is 1. The number of carbonyl (C=O) groups is 1. The van der Waals surface area contributed by atoms with Gasteiger partial charge in [-0.15, -0.1) is 0 Å². The van der Waals surface area contributed by atoms with Crippen LogP contribution in [-0.2, 0) is 6.61 Å². The number of halogens is 2. The molecule has 3 aromatic carbocycles. The minimum atomic E-state index is -0.403. The van der Waals surface area contributed by atoms with Gasteiger partial charge in [-0.2, -0.15) is 5.10 Å². The summed E-state index contributed by atoms with van der Waals surface area (Å²) in [6, 6.07) is 20.0. The number of hydrogen-bond acceptors (Lipinski definition) is 3. The summed E-state index contributed by atoms with van der Waals surface area (Å²) in [7, 11) is 0. The molecule has 4 nitrogen and oxygen atoms in total. The first-order valence-corrected chi connectivity index (χ1v) is 8.55. The fourth-order valence-electron chi connectivity index (χ4n) is 2.30.